The summed E-state index contributed by atoms with van der Waals surface area (Å²) in [5.74, 6) is -0.110. The van der Waals surface area contributed by atoms with Crippen LogP contribution in [0.25, 0.3) is 0 Å². The first kappa shape index (κ1) is 16.4. The van der Waals surface area contributed by atoms with E-state index in [1.807, 2.05) is 0 Å². The first-order chi connectivity index (χ1) is 9.12. The Balaban J connectivity index is 2.60. The summed E-state index contributed by atoms with van der Waals surface area (Å²) >= 11 is 0. The Hall–Kier alpha value is -0.610. The normalized spacial score (nSPS) is 21.1. The van der Waals surface area contributed by atoms with Gasteiger partial charge in [-0.2, -0.15) is 0 Å². The van der Waals surface area contributed by atoms with Crippen LogP contribution in [0.15, 0.2) is 0 Å². The van der Waals surface area contributed by atoms with Crippen molar-refractivity contribution in [1.29, 1.82) is 0 Å². The van der Waals surface area contributed by atoms with E-state index < -0.39 is 0 Å². The number of methoxy groups -OCH3 is 1. The highest BCUT2D eigenvalue weighted by Crippen LogP contribution is 2.35. The van der Waals surface area contributed by atoms with E-state index in [1.54, 1.807) is 0 Å². The summed E-state index contributed by atoms with van der Waals surface area (Å²) in [6.07, 6.45) is 5.97. The van der Waals surface area contributed by atoms with E-state index in [0.717, 1.165) is 51.6 Å². The second-order valence-corrected chi connectivity index (χ2v) is 5.73. The summed E-state index contributed by atoms with van der Waals surface area (Å²) in [5.41, 5.74) is 0.0714. The first-order valence-corrected chi connectivity index (χ1v) is 7.55. The van der Waals surface area contributed by atoms with Gasteiger partial charge in [0.15, 0.2) is 0 Å². The molecule has 0 amide bonds. The number of aliphatic hydroxyl groups excluding tert-OH is 1. The van der Waals surface area contributed by atoms with Gasteiger partial charge in [0.05, 0.1) is 7.11 Å². The van der Waals surface area contributed by atoms with Crippen LogP contribution in [-0.2, 0) is 9.53 Å². The smallest absolute Gasteiger partial charge is 0.323 e. The topological polar surface area (TPSA) is 49.8 Å². The average molecular weight is 271 g/mol. The standard InChI is InChI=1S/C15H29NO3/c1-4-6-7-13(14(18)19-3)16-10-8-15(5-2,12-17)9-11-16/h13,17H,4-12H2,1-3H3. The molecule has 0 aromatic rings. The van der Waals surface area contributed by atoms with Crippen molar-refractivity contribution in [2.75, 3.05) is 26.8 Å². The van der Waals surface area contributed by atoms with Crippen molar-refractivity contribution < 1.29 is 14.6 Å². The maximum atomic E-state index is 11.9. The van der Waals surface area contributed by atoms with Crippen LogP contribution in [0, 0.1) is 5.41 Å². The van der Waals surface area contributed by atoms with E-state index in [-0.39, 0.29) is 24.0 Å². The Morgan fingerprint density at radius 3 is 2.42 bits per heavy atom. The third kappa shape index (κ3) is 4.18. The fourth-order valence-electron chi connectivity index (χ4n) is 2.92. The number of esters is 1. The minimum absolute atomic E-state index is 0.0714. The lowest BCUT2D eigenvalue weighted by Crippen LogP contribution is -2.49. The van der Waals surface area contributed by atoms with Crippen LogP contribution >= 0.6 is 0 Å². The average Bonchev–Trinajstić information content (AvgIpc) is 2.48. The molecule has 1 atom stereocenters. The third-order valence-electron chi connectivity index (χ3n) is 4.69. The molecule has 0 bridgehead atoms. The van der Waals surface area contributed by atoms with Crippen LogP contribution in [-0.4, -0.2) is 48.8 Å². The van der Waals surface area contributed by atoms with Crippen LogP contribution in [0.4, 0.5) is 0 Å². The molecule has 4 nitrogen and oxygen atoms in total. The number of aliphatic hydroxyl groups is 1. The lowest BCUT2D eigenvalue weighted by atomic mass is 9.76. The van der Waals surface area contributed by atoms with Crippen LogP contribution in [0.5, 0.6) is 0 Å². The molecule has 0 aromatic heterocycles. The Bertz CT molecular complexity index is 267. The molecule has 0 aromatic carbocycles. The monoisotopic (exact) mass is 271 g/mol. The number of carbonyl (C=O) groups is 1. The molecule has 0 aliphatic carbocycles. The Kier molecular flexibility index (Phi) is 6.80. The second kappa shape index (κ2) is 7.85. The van der Waals surface area contributed by atoms with Crippen LogP contribution in [0.1, 0.15) is 52.4 Å². The van der Waals surface area contributed by atoms with Gasteiger partial charge in [0.1, 0.15) is 6.04 Å². The van der Waals surface area contributed by atoms with E-state index in [9.17, 15) is 9.90 Å². The van der Waals surface area contributed by atoms with E-state index in [0.29, 0.717) is 0 Å². The molecule has 1 aliphatic heterocycles. The molecule has 0 saturated carbocycles. The van der Waals surface area contributed by atoms with Gasteiger partial charge in [0.25, 0.3) is 0 Å². The third-order valence-corrected chi connectivity index (χ3v) is 4.69. The lowest BCUT2D eigenvalue weighted by molar-refractivity contribution is -0.148. The fraction of sp³-hybridized carbons (Fsp3) is 0.933. The summed E-state index contributed by atoms with van der Waals surface area (Å²) in [7, 11) is 1.47. The van der Waals surface area contributed by atoms with Gasteiger partial charge in [0, 0.05) is 6.61 Å². The predicted octanol–water partition coefficient (Wildman–Crippen LogP) is 2.20. The molecule has 1 heterocycles. The SMILES string of the molecule is CCCCC(C(=O)OC)N1CCC(CC)(CO)CC1. The van der Waals surface area contributed by atoms with Gasteiger partial charge in [0.2, 0.25) is 0 Å². The molecule has 0 radical (unpaired) electrons. The Morgan fingerprint density at radius 2 is 2.00 bits per heavy atom. The number of hydrogen-bond donors (Lipinski definition) is 1. The largest absolute Gasteiger partial charge is 0.468 e. The summed E-state index contributed by atoms with van der Waals surface area (Å²) < 4.78 is 4.94. The van der Waals surface area contributed by atoms with Crippen molar-refractivity contribution in [3.8, 4) is 0 Å². The number of carbonyl (C=O) groups excluding carboxylic acids is 1. The zero-order valence-corrected chi connectivity index (χ0v) is 12.7. The van der Waals surface area contributed by atoms with E-state index in [2.05, 4.69) is 18.7 Å². The van der Waals surface area contributed by atoms with Gasteiger partial charge < -0.3 is 9.84 Å². The molecule has 1 fully saturated rings. The number of hydrogen-bond acceptors (Lipinski definition) is 4. The van der Waals surface area contributed by atoms with Crippen LogP contribution in [0.3, 0.4) is 0 Å². The van der Waals surface area contributed by atoms with Crippen molar-refractivity contribution in [1.82, 2.24) is 4.90 Å². The highest BCUT2D eigenvalue weighted by atomic mass is 16.5. The maximum Gasteiger partial charge on any atom is 0.323 e. The summed E-state index contributed by atoms with van der Waals surface area (Å²) in [4.78, 5) is 14.1. The van der Waals surface area contributed by atoms with Crippen LogP contribution in [0.2, 0.25) is 0 Å². The number of nitrogens with zero attached hydrogens (tertiary/aromatic N) is 1. The minimum Gasteiger partial charge on any atom is -0.468 e. The molecular weight excluding hydrogens is 242 g/mol. The van der Waals surface area contributed by atoms with Crippen molar-refractivity contribution in [3.63, 3.8) is 0 Å². The van der Waals surface area contributed by atoms with Gasteiger partial charge >= 0.3 is 5.97 Å². The lowest BCUT2D eigenvalue weighted by Gasteiger charge is -2.42. The van der Waals surface area contributed by atoms with Gasteiger partial charge in [-0.25, -0.2) is 0 Å². The van der Waals surface area contributed by atoms with E-state index >= 15 is 0 Å². The van der Waals surface area contributed by atoms with Gasteiger partial charge in [-0.05, 0) is 44.2 Å². The van der Waals surface area contributed by atoms with Crippen molar-refractivity contribution >= 4 is 5.97 Å². The number of rotatable bonds is 7. The zero-order valence-electron chi connectivity index (χ0n) is 12.7. The molecule has 4 heteroatoms. The quantitative estimate of drug-likeness (QED) is 0.721. The minimum atomic E-state index is -0.110. The molecule has 0 spiro atoms. The van der Waals surface area contributed by atoms with Gasteiger partial charge in [-0.1, -0.05) is 26.7 Å². The maximum absolute atomic E-state index is 11.9. The van der Waals surface area contributed by atoms with E-state index in [4.69, 9.17) is 4.74 Å². The number of unbranched alkanes of at least 4 members (excludes halogenated alkanes) is 1. The Labute approximate surface area is 117 Å². The number of ether oxygens (including phenoxy) is 1. The Morgan fingerprint density at radius 1 is 1.37 bits per heavy atom. The molecule has 1 aliphatic rings. The highest BCUT2D eigenvalue weighted by Gasteiger charge is 2.36. The van der Waals surface area contributed by atoms with Crippen molar-refractivity contribution in [2.24, 2.45) is 5.41 Å². The molecule has 112 valence electrons. The molecule has 1 rings (SSSR count). The van der Waals surface area contributed by atoms with Crippen LogP contribution < -0.4 is 0 Å². The van der Waals surface area contributed by atoms with Gasteiger partial charge in [-0.15, -0.1) is 0 Å². The predicted molar refractivity (Wildman–Crippen MR) is 75.9 cm³/mol. The number of likely N-dealkylation sites (tertiary alicyclic amines) is 1. The molecule has 1 saturated heterocycles. The first-order valence-electron chi connectivity index (χ1n) is 7.55. The summed E-state index contributed by atoms with van der Waals surface area (Å²) in [6.45, 7) is 6.31. The van der Waals surface area contributed by atoms with Crippen molar-refractivity contribution in [3.05, 3.63) is 0 Å². The molecule has 1 N–H and O–H groups in total. The molecule has 19 heavy (non-hydrogen) atoms. The number of piperidine rings is 1. The van der Waals surface area contributed by atoms with Gasteiger partial charge in [-0.3, -0.25) is 9.69 Å². The molecular formula is C15H29NO3. The van der Waals surface area contributed by atoms with E-state index in [1.165, 1.54) is 7.11 Å². The summed E-state index contributed by atoms with van der Waals surface area (Å²) in [5, 5.41) is 9.55. The second-order valence-electron chi connectivity index (χ2n) is 5.73. The molecule has 1 unspecified atom stereocenters. The zero-order chi connectivity index (χ0) is 14.3. The van der Waals surface area contributed by atoms with Crippen molar-refractivity contribution in [2.45, 2.75) is 58.4 Å². The summed E-state index contributed by atoms with van der Waals surface area (Å²) in [6, 6.07) is -0.0986. The fourth-order valence-corrected chi connectivity index (χ4v) is 2.92. The highest BCUT2D eigenvalue weighted by molar-refractivity contribution is 5.75.